The highest BCUT2D eigenvalue weighted by Crippen LogP contribution is 2.26. The summed E-state index contributed by atoms with van der Waals surface area (Å²) in [4.78, 5) is 16.7. The number of pyridine rings is 1. The fourth-order valence-electron chi connectivity index (χ4n) is 2.41. The number of carbonyl (C=O) groups is 1. The van der Waals surface area contributed by atoms with E-state index in [9.17, 15) is 10.1 Å². The van der Waals surface area contributed by atoms with Crippen LogP contribution < -0.4 is 5.32 Å². The van der Waals surface area contributed by atoms with Gasteiger partial charge in [0.25, 0.3) is 0 Å². The molecule has 1 amide bonds. The summed E-state index contributed by atoms with van der Waals surface area (Å²) in [5.74, 6) is 0.461. The van der Waals surface area contributed by atoms with Crippen LogP contribution in [0.1, 0.15) is 12.0 Å². The highest BCUT2D eigenvalue weighted by atomic mass is 127. The fourth-order valence-corrected chi connectivity index (χ4v) is 3.81. The largest absolute Gasteiger partial charge is 0.326 e. The number of halogens is 2. The number of hydrogen-bond donors (Lipinski definition) is 1. The maximum atomic E-state index is 12.1. The zero-order chi connectivity index (χ0) is 19.9. The van der Waals surface area contributed by atoms with Gasteiger partial charge in [0, 0.05) is 32.0 Å². The molecule has 0 saturated carbocycles. The molecule has 0 bridgehead atoms. The Morgan fingerprint density at radius 3 is 2.50 bits per heavy atom. The van der Waals surface area contributed by atoms with E-state index < -0.39 is 0 Å². The van der Waals surface area contributed by atoms with E-state index in [0.717, 1.165) is 20.5 Å². The quantitative estimate of drug-likeness (QED) is 0.320. The van der Waals surface area contributed by atoms with Gasteiger partial charge in [0.1, 0.15) is 11.1 Å². The van der Waals surface area contributed by atoms with Gasteiger partial charge in [-0.25, -0.2) is 4.98 Å². The molecule has 2 aromatic carbocycles. The molecular formula is C21H15ClIN3OS. The van der Waals surface area contributed by atoms with Crippen molar-refractivity contribution in [2.45, 2.75) is 11.4 Å². The minimum absolute atomic E-state index is 0.0685. The first-order valence-corrected chi connectivity index (χ1v) is 10.8. The van der Waals surface area contributed by atoms with Crippen LogP contribution in [0.15, 0.2) is 65.7 Å². The summed E-state index contributed by atoms with van der Waals surface area (Å²) in [5, 5.41) is 13.5. The van der Waals surface area contributed by atoms with E-state index in [2.05, 4.69) is 39.0 Å². The number of rotatable bonds is 6. The molecule has 0 aliphatic heterocycles. The molecule has 3 aromatic rings. The lowest BCUT2D eigenvalue weighted by molar-refractivity contribution is -0.115. The number of thioether (sulfide) groups is 1. The SMILES string of the molecule is N#Cc1ccc(-c2ccc(Cl)cc2)nc1SCCC(=O)Nc1ccc(I)cc1. The van der Waals surface area contributed by atoms with Crippen molar-refractivity contribution >= 4 is 57.5 Å². The Balaban J connectivity index is 1.63. The van der Waals surface area contributed by atoms with Crippen molar-refractivity contribution < 1.29 is 4.79 Å². The Hall–Kier alpha value is -2.08. The number of anilines is 1. The molecule has 4 nitrogen and oxygen atoms in total. The Morgan fingerprint density at radius 2 is 1.82 bits per heavy atom. The summed E-state index contributed by atoms with van der Waals surface area (Å²) in [6.07, 6.45) is 0.328. The van der Waals surface area contributed by atoms with Gasteiger partial charge in [0.05, 0.1) is 11.3 Å². The standard InChI is InChI=1S/C21H15ClIN3OS/c22-16-4-1-14(2-5-16)19-10-3-15(13-24)21(26-19)28-12-11-20(27)25-18-8-6-17(23)7-9-18/h1-10H,11-12H2,(H,25,27). The van der Waals surface area contributed by atoms with Crippen LogP contribution in [0.3, 0.4) is 0 Å². The van der Waals surface area contributed by atoms with Gasteiger partial charge in [-0.15, -0.1) is 11.8 Å². The van der Waals surface area contributed by atoms with Crippen LogP contribution >= 0.6 is 46.0 Å². The van der Waals surface area contributed by atoms with E-state index in [1.807, 2.05) is 42.5 Å². The number of amides is 1. The molecule has 0 unspecified atom stereocenters. The number of nitriles is 1. The molecule has 0 atom stereocenters. The number of aromatic nitrogens is 1. The molecule has 0 radical (unpaired) electrons. The van der Waals surface area contributed by atoms with Crippen molar-refractivity contribution in [2.24, 2.45) is 0 Å². The zero-order valence-corrected chi connectivity index (χ0v) is 18.4. The third-order valence-electron chi connectivity index (χ3n) is 3.82. The Labute approximate surface area is 186 Å². The van der Waals surface area contributed by atoms with Crippen molar-refractivity contribution in [1.29, 1.82) is 5.26 Å². The van der Waals surface area contributed by atoms with Crippen molar-refractivity contribution in [3.8, 4) is 17.3 Å². The predicted molar refractivity (Wildman–Crippen MR) is 123 cm³/mol. The lowest BCUT2D eigenvalue weighted by atomic mass is 10.1. The number of nitrogens with one attached hydrogen (secondary N) is 1. The molecule has 1 heterocycles. The van der Waals surface area contributed by atoms with Gasteiger partial charge in [0.2, 0.25) is 5.91 Å². The number of hydrogen-bond acceptors (Lipinski definition) is 4. The predicted octanol–water partition coefficient (Wildman–Crippen LogP) is 6.00. The minimum Gasteiger partial charge on any atom is -0.326 e. The molecule has 0 aliphatic rings. The van der Waals surface area contributed by atoms with Gasteiger partial charge in [-0.1, -0.05) is 23.7 Å². The van der Waals surface area contributed by atoms with Gasteiger partial charge in [-0.2, -0.15) is 5.26 Å². The molecule has 140 valence electrons. The molecule has 1 N–H and O–H groups in total. The lowest BCUT2D eigenvalue weighted by Gasteiger charge is -2.08. The van der Waals surface area contributed by atoms with Gasteiger partial charge < -0.3 is 5.32 Å². The lowest BCUT2D eigenvalue weighted by Crippen LogP contribution is -2.12. The molecular weight excluding hydrogens is 505 g/mol. The van der Waals surface area contributed by atoms with Crippen LogP contribution in [0.5, 0.6) is 0 Å². The first kappa shape index (κ1) is 20.6. The van der Waals surface area contributed by atoms with Gasteiger partial charge in [-0.05, 0) is 71.1 Å². The van der Waals surface area contributed by atoms with Crippen molar-refractivity contribution in [2.75, 3.05) is 11.1 Å². The second-order valence-electron chi connectivity index (χ2n) is 5.82. The van der Waals surface area contributed by atoms with Crippen LogP contribution in [0, 0.1) is 14.9 Å². The van der Waals surface area contributed by atoms with E-state index in [0.29, 0.717) is 27.8 Å². The molecule has 3 rings (SSSR count). The maximum Gasteiger partial charge on any atom is 0.225 e. The Kier molecular flexibility index (Phi) is 7.31. The van der Waals surface area contributed by atoms with Crippen LogP contribution in [-0.4, -0.2) is 16.6 Å². The summed E-state index contributed by atoms with van der Waals surface area (Å²) in [7, 11) is 0. The number of benzene rings is 2. The highest BCUT2D eigenvalue weighted by molar-refractivity contribution is 14.1. The highest BCUT2D eigenvalue weighted by Gasteiger charge is 2.10. The van der Waals surface area contributed by atoms with Crippen molar-refractivity contribution in [3.05, 3.63) is 74.8 Å². The van der Waals surface area contributed by atoms with Crippen LogP contribution in [0.4, 0.5) is 5.69 Å². The maximum absolute atomic E-state index is 12.1. The van der Waals surface area contributed by atoms with E-state index >= 15 is 0 Å². The van der Waals surface area contributed by atoms with Crippen LogP contribution in [0.25, 0.3) is 11.3 Å². The normalized spacial score (nSPS) is 10.3. The summed E-state index contributed by atoms with van der Waals surface area (Å²) in [6.45, 7) is 0. The number of carbonyl (C=O) groups excluding carboxylic acids is 1. The molecule has 7 heteroatoms. The third kappa shape index (κ3) is 5.71. The second kappa shape index (κ2) is 9.92. The Morgan fingerprint density at radius 1 is 1.11 bits per heavy atom. The average molecular weight is 520 g/mol. The summed E-state index contributed by atoms with van der Waals surface area (Å²) in [5.41, 5.74) is 2.96. The zero-order valence-electron chi connectivity index (χ0n) is 14.7. The smallest absolute Gasteiger partial charge is 0.225 e. The van der Waals surface area contributed by atoms with Crippen molar-refractivity contribution in [1.82, 2.24) is 4.98 Å². The number of nitrogens with zero attached hydrogens (tertiary/aromatic N) is 2. The fraction of sp³-hybridized carbons (Fsp3) is 0.0952. The molecule has 0 aliphatic carbocycles. The van der Waals surface area contributed by atoms with Gasteiger partial charge >= 0.3 is 0 Å². The summed E-state index contributed by atoms with van der Waals surface area (Å²) < 4.78 is 1.11. The van der Waals surface area contributed by atoms with Crippen LogP contribution in [-0.2, 0) is 4.79 Å². The summed E-state index contributed by atoms with van der Waals surface area (Å²) in [6, 6.07) is 20.7. The summed E-state index contributed by atoms with van der Waals surface area (Å²) >= 11 is 9.56. The third-order valence-corrected chi connectivity index (χ3v) is 5.78. The Bertz CT molecular complexity index is 1020. The van der Waals surface area contributed by atoms with E-state index in [1.54, 1.807) is 18.2 Å². The molecule has 0 fully saturated rings. The average Bonchev–Trinajstić information content (AvgIpc) is 2.70. The second-order valence-corrected chi connectivity index (χ2v) is 8.59. The van der Waals surface area contributed by atoms with E-state index in [1.165, 1.54) is 11.8 Å². The molecule has 0 spiro atoms. The molecule has 1 aromatic heterocycles. The first-order chi connectivity index (χ1) is 13.5. The monoisotopic (exact) mass is 519 g/mol. The minimum atomic E-state index is -0.0685. The first-order valence-electron chi connectivity index (χ1n) is 8.40. The van der Waals surface area contributed by atoms with E-state index in [4.69, 9.17) is 11.6 Å². The van der Waals surface area contributed by atoms with Gasteiger partial charge in [-0.3, -0.25) is 4.79 Å². The van der Waals surface area contributed by atoms with Crippen LogP contribution in [0.2, 0.25) is 5.02 Å². The molecule has 28 heavy (non-hydrogen) atoms. The van der Waals surface area contributed by atoms with Gasteiger partial charge in [0.15, 0.2) is 0 Å². The molecule has 0 saturated heterocycles. The van der Waals surface area contributed by atoms with Crippen molar-refractivity contribution in [3.63, 3.8) is 0 Å². The van der Waals surface area contributed by atoms with E-state index in [-0.39, 0.29) is 5.91 Å². The topological polar surface area (TPSA) is 65.8 Å².